The van der Waals surface area contributed by atoms with Crippen LogP contribution in [-0.2, 0) is 19.9 Å². The third-order valence-corrected chi connectivity index (χ3v) is 4.32. The highest BCUT2D eigenvalue weighted by molar-refractivity contribution is 5.90. The van der Waals surface area contributed by atoms with E-state index in [0.29, 0.717) is 22.5 Å². The van der Waals surface area contributed by atoms with Gasteiger partial charge < -0.3 is 9.47 Å². The van der Waals surface area contributed by atoms with Crippen LogP contribution < -0.4 is 0 Å². The van der Waals surface area contributed by atoms with Gasteiger partial charge in [0.1, 0.15) is 17.4 Å². The van der Waals surface area contributed by atoms with Gasteiger partial charge in [0.15, 0.2) is 5.60 Å². The summed E-state index contributed by atoms with van der Waals surface area (Å²) in [7, 11) is 0. The SMILES string of the molecule is CCOC(=O)C1=C(C)OC(c2ccc(F)cc2)(c2ccc(F)cc2)C1. The highest BCUT2D eigenvalue weighted by atomic mass is 19.1. The van der Waals surface area contributed by atoms with Crippen molar-refractivity contribution in [2.45, 2.75) is 25.9 Å². The van der Waals surface area contributed by atoms with Gasteiger partial charge in [0.25, 0.3) is 0 Å². The summed E-state index contributed by atoms with van der Waals surface area (Å²) in [4.78, 5) is 12.2. The van der Waals surface area contributed by atoms with Crippen LogP contribution in [0.2, 0.25) is 0 Å². The summed E-state index contributed by atoms with van der Waals surface area (Å²) in [6.45, 7) is 3.69. The number of halogens is 2. The van der Waals surface area contributed by atoms with E-state index in [-0.39, 0.29) is 24.7 Å². The standard InChI is InChI=1S/C20H18F2O3/c1-3-24-19(23)18-12-20(25-13(18)2,14-4-8-16(21)9-5-14)15-6-10-17(22)11-7-15/h4-11H,3,12H2,1-2H3. The predicted octanol–water partition coefficient (Wildman–Crippen LogP) is 4.47. The largest absolute Gasteiger partial charge is 0.482 e. The normalized spacial score (nSPS) is 15.8. The molecule has 3 nitrogen and oxygen atoms in total. The zero-order valence-electron chi connectivity index (χ0n) is 14.0. The molecular weight excluding hydrogens is 326 g/mol. The van der Waals surface area contributed by atoms with E-state index in [1.807, 2.05) is 0 Å². The topological polar surface area (TPSA) is 35.5 Å². The first kappa shape index (κ1) is 17.1. The van der Waals surface area contributed by atoms with Crippen LogP contribution in [0.5, 0.6) is 0 Å². The summed E-state index contributed by atoms with van der Waals surface area (Å²) >= 11 is 0. The first-order valence-electron chi connectivity index (χ1n) is 8.04. The molecule has 0 aliphatic carbocycles. The van der Waals surface area contributed by atoms with Crippen LogP contribution in [0.3, 0.4) is 0 Å². The van der Waals surface area contributed by atoms with E-state index < -0.39 is 11.6 Å². The van der Waals surface area contributed by atoms with Crippen molar-refractivity contribution in [2.24, 2.45) is 0 Å². The van der Waals surface area contributed by atoms with Gasteiger partial charge in [0.05, 0.1) is 12.2 Å². The van der Waals surface area contributed by atoms with E-state index in [0.717, 1.165) is 0 Å². The molecule has 0 spiro atoms. The first-order chi connectivity index (χ1) is 12.0. The molecule has 0 saturated carbocycles. The summed E-state index contributed by atoms with van der Waals surface area (Å²) in [6.07, 6.45) is 0.231. The highest BCUT2D eigenvalue weighted by Crippen LogP contribution is 2.47. The number of carbonyl (C=O) groups excluding carboxylic acids is 1. The van der Waals surface area contributed by atoms with Crippen LogP contribution in [0.25, 0.3) is 0 Å². The van der Waals surface area contributed by atoms with Crippen molar-refractivity contribution in [1.29, 1.82) is 0 Å². The monoisotopic (exact) mass is 344 g/mol. The van der Waals surface area contributed by atoms with Gasteiger partial charge >= 0.3 is 5.97 Å². The molecule has 130 valence electrons. The van der Waals surface area contributed by atoms with Gasteiger partial charge in [-0.05, 0) is 38.1 Å². The molecule has 0 atom stereocenters. The average molecular weight is 344 g/mol. The lowest BCUT2D eigenvalue weighted by molar-refractivity contribution is -0.138. The van der Waals surface area contributed by atoms with Gasteiger partial charge in [0.2, 0.25) is 0 Å². The van der Waals surface area contributed by atoms with E-state index in [4.69, 9.17) is 9.47 Å². The fourth-order valence-corrected chi connectivity index (χ4v) is 3.09. The van der Waals surface area contributed by atoms with Crippen molar-refractivity contribution in [1.82, 2.24) is 0 Å². The number of allylic oxidation sites excluding steroid dienone is 1. The minimum Gasteiger partial charge on any atom is -0.482 e. The second-order valence-corrected chi connectivity index (χ2v) is 5.87. The van der Waals surface area contributed by atoms with Gasteiger partial charge in [0, 0.05) is 17.5 Å². The molecule has 0 saturated heterocycles. The molecule has 0 amide bonds. The maximum absolute atomic E-state index is 13.4. The van der Waals surface area contributed by atoms with E-state index in [9.17, 15) is 13.6 Å². The molecular formula is C20H18F2O3. The Morgan fingerprint density at radius 1 is 1.04 bits per heavy atom. The molecule has 3 rings (SSSR count). The molecule has 1 aliphatic heterocycles. The number of esters is 1. The fraction of sp³-hybridized carbons (Fsp3) is 0.250. The lowest BCUT2D eigenvalue weighted by Crippen LogP contribution is -2.28. The Kier molecular flexibility index (Phi) is 4.57. The van der Waals surface area contributed by atoms with E-state index >= 15 is 0 Å². The number of ether oxygens (including phenoxy) is 2. The van der Waals surface area contributed by atoms with Crippen molar-refractivity contribution in [3.05, 3.63) is 82.6 Å². The zero-order valence-corrected chi connectivity index (χ0v) is 14.0. The smallest absolute Gasteiger partial charge is 0.337 e. The second-order valence-electron chi connectivity index (χ2n) is 5.87. The Labute approximate surface area is 144 Å². The Morgan fingerprint density at radius 2 is 1.52 bits per heavy atom. The van der Waals surface area contributed by atoms with Crippen molar-refractivity contribution in [3.8, 4) is 0 Å². The van der Waals surface area contributed by atoms with Crippen LogP contribution >= 0.6 is 0 Å². The van der Waals surface area contributed by atoms with Gasteiger partial charge in [-0.15, -0.1) is 0 Å². The molecule has 1 heterocycles. The van der Waals surface area contributed by atoms with Crippen LogP contribution in [0.15, 0.2) is 59.9 Å². The van der Waals surface area contributed by atoms with Crippen LogP contribution in [0, 0.1) is 11.6 Å². The third-order valence-electron chi connectivity index (χ3n) is 4.32. The molecule has 2 aromatic rings. The summed E-state index contributed by atoms with van der Waals surface area (Å²) in [5.41, 5.74) is 0.766. The van der Waals surface area contributed by atoms with E-state index in [2.05, 4.69) is 0 Å². The Balaban J connectivity index is 2.08. The Morgan fingerprint density at radius 3 is 1.96 bits per heavy atom. The zero-order chi connectivity index (χ0) is 18.0. The van der Waals surface area contributed by atoms with Crippen molar-refractivity contribution in [2.75, 3.05) is 6.61 Å². The molecule has 0 fully saturated rings. The van der Waals surface area contributed by atoms with Gasteiger partial charge in [-0.25, -0.2) is 13.6 Å². The molecule has 0 radical (unpaired) electrons. The Hall–Kier alpha value is -2.69. The maximum atomic E-state index is 13.4. The molecule has 1 aliphatic rings. The average Bonchev–Trinajstić information content (AvgIpc) is 2.95. The van der Waals surface area contributed by atoms with E-state index in [1.165, 1.54) is 24.3 Å². The number of hydrogen-bond acceptors (Lipinski definition) is 3. The minimum atomic E-state index is -1.02. The number of benzene rings is 2. The quantitative estimate of drug-likeness (QED) is 0.768. The van der Waals surface area contributed by atoms with Crippen molar-refractivity contribution >= 4 is 5.97 Å². The summed E-state index contributed by atoms with van der Waals surface area (Å²) in [6, 6.07) is 11.8. The predicted molar refractivity (Wildman–Crippen MR) is 88.6 cm³/mol. The summed E-state index contributed by atoms with van der Waals surface area (Å²) in [5.74, 6) is -0.726. The minimum absolute atomic E-state index is 0.231. The van der Waals surface area contributed by atoms with Gasteiger partial charge in [-0.2, -0.15) is 0 Å². The summed E-state index contributed by atoms with van der Waals surface area (Å²) < 4.78 is 37.9. The summed E-state index contributed by atoms with van der Waals surface area (Å²) in [5, 5.41) is 0. The first-order valence-corrected chi connectivity index (χ1v) is 8.04. The molecule has 0 N–H and O–H groups in total. The molecule has 5 heteroatoms. The second kappa shape index (κ2) is 6.67. The lowest BCUT2D eigenvalue weighted by atomic mass is 9.82. The molecule has 0 bridgehead atoms. The van der Waals surface area contributed by atoms with Gasteiger partial charge in [-0.3, -0.25) is 0 Å². The van der Waals surface area contributed by atoms with Crippen LogP contribution in [-0.4, -0.2) is 12.6 Å². The van der Waals surface area contributed by atoms with Crippen molar-refractivity contribution < 1.29 is 23.0 Å². The maximum Gasteiger partial charge on any atom is 0.337 e. The molecule has 2 aromatic carbocycles. The number of carbonyl (C=O) groups is 1. The lowest BCUT2D eigenvalue weighted by Gasteiger charge is -2.31. The molecule has 25 heavy (non-hydrogen) atoms. The third kappa shape index (κ3) is 3.14. The fourth-order valence-electron chi connectivity index (χ4n) is 3.09. The number of hydrogen-bond donors (Lipinski definition) is 0. The highest BCUT2D eigenvalue weighted by Gasteiger charge is 2.45. The van der Waals surface area contributed by atoms with Crippen LogP contribution in [0.4, 0.5) is 8.78 Å². The van der Waals surface area contributed by atoms with E-state index in [1.54, 1.807) is 38.1 Å². The van der Waals surface area contributed by atoms with Gasteiger partial charge in [-0.1, -0.05) is 24.3 Å². The van der Waals surface area contributed by atoms with Crippen molar-refractivity contribution in [3.63, 3.8) is 0 Å². The Bertz CT molecular complexity index is 762. The number of rotatable bonds is 4. The van der Waals surface area contributed by atoms with Crippen LogP contribution in [0.1, 0.15) is 31.4 Å². The molecule has 0 aromatic heterocycles. The molecule has 0 unspecified atom stereocenters.